The van der Waals surface area contributed by atoms with E-state index in [9.17, 15) is 5.11 Å². The van der Waals surface area contributed by atoms with Crippen molar-refractivity contribution in [1.82, 2.24) is 4.98 Å². The van der Waals surface area contributed by atoms with Crippen LogP contribution < -0.4 is 4.74 Å². The quantitative estimate of drug-likeness (QED) is 0.898. The number of hydrogen-bond donors (Lipinski definition) is 2. The van der Waals surface area contributed by atoms with Crippen molar-refractivity contribution in [1.29, 1.82) is 0 Å². The summed E-state index contributed by atoms with van der Waals surface area (Å²) in [6.45, 7) is 0.406. The van der Waals surface area contributed by atoms with E-state index in [-0.39, 0.29) is 5.75 Å². The normalized spacial score (nSPS) is 10.2. The van der Waals surface area contributed by atoms with Gasteiger partial charge < -0.3 is 14.8 Å². The molecule has 78 valence electrons. The van der Waals surface area contributed by atoms with Gasteiger partial charge in [-0.15, -0.1) is 0 Å². The topological polar surface area (TPSA) is 45.2 Å². The monoisotopic (exact) mass is 267 g/mol. The Balaban J connectivity index is 2.02. The number of aromatic hydroxyl groups is 1. The number of ether oxygens (including phenoxy) is 1. The Morgan fingerprint density at radius 1 is 1.20 bits per heavy atom. The third-order valence-corrected chi connectivity index (χ3v) is 2.42. The van der Waals surface area contributed by atoms with Crippen LogP contribution in [0, 0.1) is 0 Å². The van der Waals surface area contributed by atoms with E-state index in [0.29, 0.717) is 12.4 Å². The minimum Gasteiger partial charge on any atom is -0.504 e. The lowest BCUT2D eigenvalue weighted by Crippen LogP contribution is -1.95. The van der Waals surface area contributed by atoms with Gasteiger partial charge in [0.1, 0.15) is 6.61 Å². The first-order chi connectivity index (χ1) is 7.25. The van der Waals surface area contributed by atoms with E-state index in [0.717, 1.165) is 10.3 Å². The zero-order valence-corrected chi connectivity index (χ0v) is 9.49. The second-order valence-corrected chi connectivity index (χ2v) is 3.94. The maximum absolute atomic E-state index is 9.45. The number of hydrogen-bond acceptors (Lipinski definition) is 2. The molecule has 2 aromatic rings. The van der Waals surface area contributed by atoms with Crippen LogP contribution in [0.5, 0.6) is 11.5 Å². The number of halogens is 1. The highest BCUT2D eigenvalue weighted by Crippen LogP contribution is 2.25. The van der Waals surface area contributed by atoms with Crippen molar-refractivity contribution in [3.05, 3.63) is 46.7 Å². The molecule has 0 bridgehead atoms. The lowest BCUT2D eigenvalue weighted by atomic mass is 10.3. The average molecular weight is 268 g/mol. The molecule has 0 amide bonds. The fourth-order valence-electron chi connectivity index (χ4n) is 1.23. The van der Waals surface area contributed by atoms with Crippen molar-refractivity contribution in [3.8, 4) is 11.5 Å². The van der Waals surface area contributed by atoms with Gasteiger partial charge in [0.15, 0.2) is 11.5 Å². The van der Waals surface area contributed by atoms with Gasteiger partial charge >= 0.3 is 0 Å². The molecule has 4 heteroatoms. The van der Waals surface area contributed by atoms with Crippen LogP contribution in [0.4, 0.5) is 0 Å². The molecule has 0 spiro atoms. The highest BCUT2D eigenvalue weighted by molar-refractivity contribution is 9.10. The van der Waals surface area contributed by atoms with Crippen LogP contribution in [0.1, 0.15) is 5.69 Å². The van der Waals surface area contributed by atoms with Gasteiger partial charge in [-0.25, -0.2) is 0 Å². The fourth-order valence-corrected chi connectivity index (χ4v) is 1.62. The third-order valence-electron chi connectivity index (χ3n) is 1.96. The van der Waals surface area contributed by atoms with Gasteiger partial charge in [0.2, 0.25) is 0 Å². The van der Waals surface area contributed by atoms with Crippen LogP contribution in [-0.4, -0.2) is 10.1 Å². The lowest BCUT2D eigenvalue weighted by molar-refractivity contribution is 0.285. The molecule has 0 aliphatic rings. The Kier molecular flexibility index (Phi) is 2.97. The Hall–Kier alpha value is -1.42. The molecule has 0 atom stereocenters. The molecule has 0 saturated carbocycles. The van der Waals surface area contributed by atoms with E-state index in [4.69, 9.17) is 4.74 Å². The summed E-state index contributed by atoms with van der Waals surface area (Å²) >= 11 is 3.31. The predicted octanol–water partition coefficient (Wildman–Crippen LogP) is 3.06. The SMILES string of the molecule is Oc1ccccc1OCc1ccc(Br)[nH]1. The van der Waals surface area contributed by atoms with Crippen molar-refractivity contribution in [2.24, 2.45) is 0 Å². The largest absolute Gasteiger partial charge is 0.504 e. The summed E-state index contributed by atoms with van der Waals surface area (Å²) in [5, 5.41) is 9.45. The standard InChI is InChI=1S/C11H10BrNO2/c12-11-6-5-8(13-11)7-15-10-4-2-1-3-9(10)14/h1-6,13-14H,7H2. The molecule has 3 nitrogen and oxygen atoms in total. The van der Waals surface area contributed by atoms with Gasteiger partial charge in [-0.1, -0.05) is 12.1 Å². The third kappa shape index (κ3) is 2.53. The molecule has 2 N–H and O–H groups in total. The van der Waals surface area contributed by atoms with Gasteiger partial charge in [-0.2, -0.15) is 0 Å². The zero-order valence-electron chi connectivity index (χ0n) is 7.90. The molecule has 0 aliphatic carbocycles. The van der Waals surface area contributed by atoms with Crippen molar-refractivity contribution >= 4 is 15.9 Å². The van der Waals surface area contributed by atoms with Gasteiger partial charge in [-0.05, 0) is 40.2 Å². The van der Waals surface area contributed by atoms with Crippen LogP contribution in [0.15, 0.2) is 41.0 Å². The van der Waals surface area contributed by atoms with Crippen molar-refractivity contribution in [3.63, 3.8) is 0 Å². The molecular formula is C11H10BrNO2. The number of phenolic OH excluding ortho intramolecular Hbond substituents is 1. The number of para-hydroxylation sites is 2. The lowest BCUT2D eigenvalue weighted by Gasteiger charge is -2.05. The molecule has 0 aliphatic heterocycles. The Labute approximate surface area is 95.8 Å². The molecular weight excluding hydrogens is 258 g/mol. The summed E-state index contributed by atoms with van der Waals surface area (Å²) in [5.41, 5.74) is 0.949. The molecule has 15 heavy (non-hydrogen) atoms. The number of rotatable bonds is 3. The van der Waals surface area contributed by atoms with Crippen LogP contribution in [-0.2, 0) is 6.61 Å². The highest BCUT2D eigenvalue weighted by Gasteiger charge is 2.01. The van der Waals surface area contributed by atoms with Crippen LogP contribution >= 0.6 is 15.9 Å². The second kappa shape index (κ2) is 4.40. The van der Waals surface area contributed by atoms with E-state index >= 15 is 0 Å². The van der Waals surface area contributed by atoms with Gasteiger partial charge in [0, 0.05) is 0 Å². The molecule has 1 heterocycles. The number of nitrogens with one attached hydrogen (secondary N) is 1. The number of aromatic amines is 1. The number of H-pyrrole nitrogens is 1. The predicted molar refractivity (Wildman–Crippen MR) is 60.9 cm³/mol. The van der Waals surface area contributed by atoms with Crippen LogP contribution in [0.2, 0.25) is 0 Å². The van der Waals surface area contributed by atoms with E-state index in [1.165, 1.54) is 0 Å². The van der Waals surface area contributed by atoms with E-state index in [1.54, 1.807) is 18.2 Å². The fraction of sp³-hybridized carbons (Fsp3) is 0.0909. The minimum atomic E-state index is 0.156. The van der Waals surface area contributed by atoms with Crippen LogP contribution in [0.25, 0.3) is 0 Å². The highest BCUT2D eigenvalue weighted by atomic mass is 79.9. The Bertz CT molecular complexity index is 453. The summed E-state index contributed by atoms with van der Waals surface area (Å²) in [4.78, 5) is 3.08. The first-order valence-corrected chi connectivity index (χ1v) is 5.29. The Morgan fingerprint density at radius 2 is 2.00 bits per heavy atom. The maximum atomic E-state index is 9.45. The molecule has 1 aromatic carbocycles. The zero-order chi connectivity index (χ0) is 10.7. The summed E-state index contributed by atoms with van der Waals surface area (Å²) in [6, 6.07) is 10.7. The van der Waals surface area contributed by atoms with Crippen LogP contribution in [0.3, 0.4) is 0 Å². The second-order valence-electron chi connectivity index (χ2n) is 3.09. The molecule has 0 fully saturated rings. The smallest absolute Gasteiger partial charge is 0.161 e. The summed E-state index contributed by atoms with van der Waals surface area (Å²) in [6.07, 6.45) is 0. The number of benzene rings is 1. The first-order valence-electron chi connectivity index (χ1n) is 4.50. The summed E-state index contributed by atoms with van der Waals surface area (Å²) in [7, 11) is 0. The molecule has 1 aromatic heterocycles. The summed E-state index contributed by atoms with van der Waals surface area (Å²) in [5.74, 6) is 0.645. The molecule has 0 radical (unpaired) electrons. The van der Waals surface area contributed by atoms with Gasteiger partial charge in [0.25, 0.3) is 0 Å². The van der Waals surface area contributed by atoms with Crippen molar-refractivity contribution in [2.45, 2.75) is 6.61 Å². The minimum absolute atomic E-state index is 0.156. The van der Waals surface area contributed by atoms with Crippen molar-refractivity contribution in [2.75, 3.05) is 0 Å². The van der Waals surface area contributed by atoms with E-state index in [2.05, 4.69) is 20.9 Å². The van der Waals surface area contributed by atoms with Gasteiger partial charge in [0.05, 0.1) is 10.3 Å². The molecule has 2 rings (SSSR count). The number of aromatic nitrogens is 1. The average Bonchev–Trinajstić information content (AvgIpc) is 2.63. The van der Waals surface area contributed by atoms with E-state index < -0.39 is 0 Å². The summed E-state index contributed by atoms with van der Waals surface area (Å²) < 4.78 is 6.35. The maximum Gasteiger partial charge on any atom is 0.161 e. The molecule has 0 unspecified atom stereocenters. The van der Waals surface area contributed by atoms with Gasteiger partial charge in [-0.3, -0.25) is 0 Å². The first kappa shape index (κ1) is 10.1. The molecule has 0 saturated heterocycles. The van der Waals surface area contributed by atoms with E-state index in [1.807, 2.05) is 18.2 Å². The number of phenols is 1. The Morgan fingerprint density at radius 3 is 2.67 bits per heavy atom. The van der Waals surface area contributed by atoms with Crippen molar-refractivity contribution < 1.29 is 9.84 Å².